The van der Waals surface area contributed by atoms with Crippen molar-refractivity contribution in [1.29, 1.82) is 0 Å². The molecule has 0 heterocycles. The Kier molecular flexibility index (Phi) is 3.73. The molecule has 1 N–H and O–H groups in total. The highest BCUT2D eigenvalue weighted by molar-refractivity contribution is 5.34. The summed E-state index contributed by atoms with van der Waals surface area (Å²) in [5.41, 5.74) is 3.78. The maximum Gasteiger partial charge on any atom is 0.0943 e. The summed E-state index contributed by atoms with van der Waals surface area (Å²) in [5, 5.41) is 3.26. The summed E-state index contributed by atoms with van der Waals surface area (Å²) in [5.74, 6) is 2.75. The summed E-state index contributed by atoms with van der Waals surface area (Å²) in [7, 11) is 0. The summed E-state index contributed by atoms with van der Waals surface area (Å²) >= 11 is 0. The van der Waals surface area contributed by atoms with Crippen LogP contribution in [0.4, 0.5) is 0 Å². The van der Waals surface area contributed by atoms with Crippen LogP contribution in [-0.2, 0) is 0 Å². The molecule has 1 rings (SSSR count). The van der Waals surface area contributed by atoms with Gasteiger partial charge in [0.2, 0.25) is 0 Å². The van der Waals surface area contributed by atoms with Crippen molar-refractivity contribution in [2.45, 2.75) is 26.8 Å². The van der Waals surface area contributed by atoms with E-state index >= 15 is 0 Å². The normalized spacial score (nSPS) is 12.1. The molecule has 0 aliphatic heterocycles. The molecule has 1 unspecified atom stereocenters. The van der Waals surface area contributed by atoms with Gasteiger partial charge in [-0.2, -0.15) is 0 Å². The van der Waals surface area contributed by atoms with Crippen molar-refractivity contribution in [2.24, 2.45) is 0 Å². The molecule has 0 radical (unpaired) electrons. The van der Waals surface area contributed by atoms with E-state index in [0.717, 1.165) is 6.54 Å². The molecule has 0 aromatic heterocycles. The summed E-state index contributed by atoms with van der Waals surface area (Å²) < 4.78 is 0. The van der Waals surface area contributed by atoms with Gasteiger partial charge in [-0.15, -0.1) is 6.42 Å². The van der Waals surface area contributed by atoms with E-state index in [0.29, 0.717) is 0 Å². The first-order valence-electron chi connectivity index (χ1n) is 4.95. The van der Waals surface area contributed by atoms with E-state index in [4.69, 9.17) is 6.42 Å². The zero-order valence-corrected chi connectivity index (χ0v) is 9.09. The van der Waals surface area contributed by atoms with Gasteiger partial charge in [0.25, 0.3) is 0 Å². The molecule has 0 saturated carbocycles. The first kappa shape index (κ1) is 10.8. The second kappa shape index (κ2) is 4.83. The molecule has 0 aliphatic rings. The van der Waals surface area contributed by atoms with Gasteiger partial charge in [-0.1, -0.05) is 31.0 Å². The molecule has 1 aromatic rings. The van der Waals surface area contributed by atoms with Crippen molar-refractivity contribution in [3.63, 3.8) is 0 Å². The minimum atomic E-state index is 0.0410. The van der Waals surface area contributed by atoms with Crippen LogP contribution >= 0.6 is 0 Å². The number of terminal acetylenes is 1. The molecule has 0 fully saturated rings. The number of nitrogens with one attached hydrogen (secondary N) is 1. The van der Waals surface area contributed by atoms with Gasteiger partial charge in [-0.25, -0.2) is 0 Å². The lowest BCUT2D eigenvalue weighted by Gasteiger charge is -2.13. The van der Waals surface area contributed by atoms with Crippen molar-refractivity contribution in [3.05, 3.63) is 34.9 Å². The van der Waals surface area contributed by atoms with E-state index in [1.54, 1.807) is 0 Å². The highest BCUT2D eigenvalue weighted by Crippen LogP contribution is 2.16. The van der Waals surface area contributed by atoms with Gasteiger partial charge in [0.1, 0.15) is 0 Å². The van der Waals surface area contributed by atoms with Crippen LogP contribution in [0.3, 0.4) is 0 Å². The zero-order valence-electron chi connectivity index (χ0n) is 9.09. The molecule has 0 amide bonds. The first-order valence-corrected chi connectivity index (χ1v) is 4.95. The molecular formula is C13H17N. The van der Waals surface area contributed by atoms with E-state index in [2.05, 4.69) is 50.2 Å². The van der Waals surface area contributed by atoms with Crippen LogP contribution in [0.25, 0.3) is 0 Å². The maximum atomic E-state index is 5.47. The third-order valence-electron chi connectivity index (χ3n) is 2.44. The average molecular weight is 187 g/mol. The van der Waals surface area contributed by atoms with Crippen LogP contribution in [0.2, 0.25) is 0 Å². The number of hydrogen-bond donors (Lipinski definition) is 1. The zero-order chi connectivity index (χ0) is 10.6. The molecule has 14 heavy (non-hydrogen) atoms. The molecule has 0 bridgehead atoms. The van der Waals surface area contributed by atoms with E-state index < -0.39 is 0 Å². The number of rotatable bonds is 3. The Labute approximate surface area is 86.5 Å². The molecule has 1 heteroatoms. The molecule has 1 atom stereocenters. The van der Waals surface area contributed by atoms with Gasteiger partial charge < -0.3 is 5.32 Å². The van der Waals surface area contributed by atoms with Crippen LogP contribution in [0.1, 0.15) is 29.7 Å². The van der Waals surface area contributed by atoms with Gasteiger partial charge in [0.15, 0.2) is 0 Å². The third kappa shape index (κ3) is 2.37. The SMILES string of the molecule is C#CC(NCC)c1ccc(C)c(C)c1. The maximum absolute atomic E-state index is 5.47. The molecular weight excluding hydrogens is 170 g/mol. The van der Waals surface area contributed by atoms with Gasteiger partial charge in [0, 0.05) is 0 Å². The summed E-state index contributed by atoms with van der Waals surface area (Å²) in [4.78, 5) is 0. The highest BCUT2D eigenvalue weighted by Gasteiger charge is 2.06. The summed E-state index contributed by atoms with van der Waals surface area (Å²) in [6, 6.07) is 6.41. The number of aryl methyl sites for hydroxylation is 2. The molecule has 1 aromatic carbocycles. The van der Waals surface area contributed by atoms with Crippen molar-refractivity contribution < 1.29 is 0 Å². The number of hydrogen-bond acceptors (Lipinski definition) is 1. The van der Waals surface area contributed by atoms with E-state index in [1.807, 2.05) is 0 Å². The van der Waals surface area contributed by atoms with Crippen LogP contribution in [-0.4, -0.2) is 6.54 Å². The topological polar surface area (TPSA) is 12.0 Å². The van der Waals surface area contributed by atoms with E-state index in [-0.39, 0.29) is 6.04 Å². The van der Waals surface area contributed by atoms with Crippen molar-refractivity contribution >= 4 is 0 Å². The Hall–Kier alpha value is -1.26. The van der Waals surface area contributed by atoms with Crippen LogP contribution in [0.15, 0.2) is 18.2 Å². The fourth-order valence-electron chi connectivity index (χ4n) is 1.42. The Morgan fingerprint density at radius 2 is 2.07 bits per heavy atom. The molecule has 0 spiro atoms. The Morgan fingerprint density at radius 1 is 1.36 bits per heavy atom. The first-order chi connectivity index (χ1) is 6.69. The lowest BCUT2D eigenvalue weighted by atomic mass is 10.0. The molecule has 0 aliphatic carbocycles. The monoisotopic (exact) mass is 187 g/mol. The fourth-order valence-corrected chi connectivity index (χ4v) is 1.42. The smallest absolute Gasteiger partial charge is 0.0943 e. The van der Waals surface area contributed by atoms with Crippen molar-refractivity contribution in [1.82, 2.24) is 5.32 Å². The van der Waals surface area contributed by atoms with Crippen molar-refractivity contribution in [3.8, 4) is 12.3 Å². The fraction of sp³-hybridized carbons (Fsp3) is 0.385. The largest absolute Gasteiger partial charge is 0.300 e. The quantitative estimate of drug-likeness (QED) is 0.717. The van der Waals surface area contributed by atoms with Crippen LogP contribution in [0.5, 0.6) is 0 Å². The standard InChI is InChI=1S/C13H17N/c1-5-13(14-6-2)12-8-7-10(3)11(4)9-12/h1,7-9,13-14H,6H2,2-4H3. The second-order valence-electron chi connectivity index (χ2n) is 3.50. The van der Waals surface area contributed by atoms with Gasteiger partial charge >= 0.3 is 0 Å². The third-order valence-corrected chi connectivity index (χ3v) is 2.44. The lowest BCUT2D eigenvalue weighted by Crippen LogP contribution is -2.19. The highest BCUT2D eigenvalue weighted by atomic mass is 14.9. The molecule has 0 saturated heterocycles. The Balaban J connectivity index is 2.95. The van der Waals surface area contributed by atoms with Crippen LogP contribution < -0.4 is 5.32 Å². The minimum Gasteiger partial charge on any atom is -0.300 e. The van der Waals surface area contributed by atoms with E-state index in [1.165, 1.54) is 16.7 Å². The minimum absolute atomic E-state index is 0.0410. The second-order valence-corrected chi connectivity index (χ2v) is 3.50. The van der Waals surface area contributed by atoms with Crippen LogP contribution in [0, 0.1) is 26.2 Å². The van der Waals surface area contributed by atoms with Gasteiger partial charge in [-0.3, -0.25) is 0 Å². The van der Waals surface area contributed by atoms with Crippen molar-refractivity contribution in [2.75, 3.05) is 6.54 Å². The molecule has 74 valence electrons. The average Bonchev–Trinajstić information content (AvgIpc) is 2.19. The lowest BCUT2D eigenvalue weighted by molar-refractivity contribution is 0.664. The van der Waals surface area contributed by atoms with Gasteiger partial charge in [-0.05, 0) is 37.1 Å². The predicted molar refractivity (Wildman–Crippen MR) is 61.2 cm³/mol. The molecule has 1 nitrogen and oxygen atoms in total. The summed E-state index contributed by atoms with van der Waals surface area (Å²) in [6.07, 6.45) is 5.47. The summed E-state index contributed by atoms with van der Waals surface area (Å²) in [6.45, 7) is 7.17. The number of benzene rings is 1. The Bertz CT molecular complexity index is 347. The predicted octanol–water partition coefficient (Wildman–Crippen LogP) is 2.59. The van der Waals surface area contributed by atoms with Gasteiger partial charge in [0.05, 0.1) is 6.04 Å². The Morgan fingerprint density at radius 3 is 2.57 bits per heavy atom. The van der Waals surface area contributed by atoms with E-state index in [9.17, 15) is 0 Å².